The molecule has 0 saturated carbocycles. The van der Waals surface area contributed by atoms with Gasteiger partial charge in [0, 0.05) is 53.1 Å². The third-order valence-electron chi connectivity index (χ3n) is 7.02. The molecule has 0 radical (unpaired) electrons. The standard InChI is InChI=1S/C17H14Cl2FNO2.C15H12Cl2FNO.ClH/c1-9(22)21-8-12-6-10-5-11(20)7-13(17(10)23-12)16-14(18)3-2-4-15(16)19;1-19-13-6-8-5-9(18)7-10(15(8)20-13)14-11(16)3-2-4-12(14)17;/h2-5,7,12H,6,8H2,1H3,(H,21,22);2-5,7,13,19H,6H2,1H3;1H/t12-;13-;/m11./s1. The summed E-state index contributed by atoms with van der Waals surface area (Å²) in [4.78, 5) is 11.0. The molecule has 2 N–H and O–H groups in total. The Labute approximate surface area is 280 Å². The number of ether oxygens (including phenoxy) is 2. The van der Waals surface area contributed by atoms with Gasteiger partial charge < -0.3 is 14.8 Å². The van der Waals surface area contributed by atoms with Crippen molar-refractivity contribution in [1.29, 1.82) is 0 Å². The van der Waals surface area contributed by atoms with Crippen LogP contribution in [0.3, 0.4) is 0 Å². The number of fused-ring (bicyclic) bond motifs is 2. The van der Waals surface area contributed by atoms with Crippen molar-refractivity contribution in [2.75, 3.05) is 13.6 Å². The lowest BCUT2D eigenvalue weighted by atomic mass is 10.00. The first-order chi connectivity index (χ1) is 20.5. The lowest BCUT2D eigenvalue weighted by Crippen LogP contribution is -2.32. The molecule has 2 atom stereocenters. The number of rotatable bonds is 5. The van der Waals surface area contributed by atoms with E-state index in [1.807, 2.05) is 0 Å². The molecule has 0 saturated heterocycles. The molecular formula is C32H27Cl5F2N2O3. The Morgan fingerprint density at radius 1 is 0.795 bits per heavy atom. The molecule has 2 aliphatic heterocycles. The van der Waals surface area contributed by atoms with Crippen LogP contribution in [0.25, 0.3) is 22.3 Å². The van der Waals surface area contributed by atoms with E-state index in [9.17, 15) is 13.6 Å². The van der Waals surface area contributed by atoms with Gasteiger partial charge in [0.2, 0.25) is 5.91 Å². The fourth-order valence-electron chi connectivity index (χ4n) is 5.13. The van der Waals surface area contributed by atoms with Crippen molar-refractivity contribution >= 4 is 64.7 Å². The summed E-state index contributed by atoms with van der Waals surface area (Å²) < 4.78 is 39.6. The van der Waals surface area contributed by atoms with E-state index in [-0.39, 0.29) is 42.3 Å². The monoisotopic (exact) mass is 700 g/mol. The smallest absolute Gasteiger partial charge is 0.217 e. The number of hydrogen-bond acceptors (Lipinski definition) is 4. The van der Waals surface area contributed by atoms with E-state index in [1.54, 1.807) is 43.4 Å². The van der Waals surface area contributed by atoms with Crippen LogP contribution in [-0.4, -0.2) is 31.8 Å². The fourth-order valence-corrected chi connectivity index (χ4v) is 6.34. The van der Waals surface area contributed by atoms with Gasteiger partial charge in [-0.25, -0.2) is 8.78 Å². The second-order valence-corrected chi connectivity index (χ2v) is 11.7. The Balaban J connectivity index is 0.000000198. The summed E-state index contributed by atoms with van der Waals surface area (Å²) in [5.74, 6) is 0.371. The molecule has 44 heavy (non-hydrogen) atoms. The molecule has 2 aliphatic rings. The van der Waals surface area contributed by atoms with Gasteiger partial charge >= 0.3 is 0 Å². The summed E-state index contributed by atoms with van der Waals surface area (Å²) in [6.07, 6.45) is 0.726. The van der Waals surface area contributed by atoms with Gasteiger partial charge in [-0.1, -0.05) is 58.5 Å². The Kier molecular flexibility index (Phi) is 11.3. The lowest BCUT2D eigenvalue weighted by molar-refractivity contribution is -0.119. The van der Waals surface area contributed by atoms with E-state index in [0.29, 0.717) is 73.2 Å². The van der Waals surface area contributed by atoms with Crippen LogP contribution < -0.4 is 20.1 Å². The van der Waals surface area contributed by atoms with Crippen LogP contribution in [-0.2, 0) is 17.6 Å². The molecule has 0 spiro atoms. The maximum Gasteiger partial charge on any atom is 0.217 e. The predicted octanol–water partition coefficient (Wildman–Crippen LogP) is 8.94. The molecule has 232 valence electrons. The van der Waals surface area contributed by atoms with Crippen LogP contribution in [0.4, 0.5) is 8.78 Å². The second-order valence-electron chi connectivity index (χ2n) is 10.1. The summed E-state index contributed by atoms with van der Waals surface area (Å²) in [6.45, 7) is 1.80. The number of nitrogens with one attached hydrogen (secondary N) is 2. The van der Waals surface area contributed by atoms with Gasteiger partial charge in [0.25, 0.3) is 0 Å². The number of halogens is 7. The van der Waals surface area contributed by atoms with Crippen molar-refractivity contribution in [3.63, 3.8) is 0 Å². The van der Waals surface area contributed by atoms with Gasteiger partial charge in [-0.15, -0.1) is 12.4 Å². The summed E-state index contributed by atoms with van der Waals surface area (Å²) in [6, 6.07) is 16.0. The van der Waals surface area contributed by atoms with Gasteiger partial charge in [0.15, 0.2) is 6.23 Å². The van der Waals surface area contributed by atoms with E-state index in [1.165, 1.54) is 31.2 Å². The zero-order chi connectivity index (χ0) is 30.8. The van der Waals surface area contributed by atoms with Crippen LogP contribution in [0.15, 0.2) is 60.7 Å². The average molecular weight is 703 g/mol. The van der Waals surface area contributed by atoms with Gasteiger partial charge in [-0.2, -0.15) is 0 Å². The molecule has 1 amide bonds. The van der Waals surface area contributed by atoms with Crippen molar-refractivity contribution < 1.29 is 23.0 Å². The SMILES string of the molecule is CC(=O)NC[C@H]1Cc2cc(F)cc(-c3c(Cl)cccc3Cl)c2O1.CN[C@H]1Cc2cc(F)cc(-c3c(Cl)cccc3Cl)c2O1.Cl. The van der Waals surface area contributed by atoms with Crippen molar-refractivity contribution in [2.45, 2.75) is 32.1 Å². The number of hydrogen-bond donors (Lipinski definition) is 2. The molecule has 0 bridgehead atoms. The van der Waals surface area contributed by atoms with Crippen LogP contribution in [0.1, 0.15) is 18.1 Å². The van der Waals surface area contributed by atoms with E-state index in [2.05, 4.69) is 10.6 Å². The molecule has 4 aromatic rings. The van der Waals surface area contributed by atoms with Crippen LogP contribution in [0.5, 0.6) is 11.5 Å². The molecule has 5 nitrogen and oxygen atoms in total. The van der Waals surface area contributed by atoms with E-state index >= 15 is 0 Å². The number of benzene rings is 4. The highest BCUT2D eigenvalue weighted by atomic mass is 35.5. The minimum Gasteiger partial charge on any atom is -0.487 e. The minimum atomic E-state index is -0.376. The molecular weight excluding hydrogens is 676 g/mol. The Bertz CT molecular complexity index is 1660. The summed E-state index contributed by atoms with van der Waals surface area (Å²) in [5.41, 5.74) is 3.83. The zero-order valence-electron chi connectivity index (χ0n) is 23.5. The lowest BCUT2D eigenvalue weighted by Gasteiger charge is -2.14. The van der Waals surface area contributed by atoms with Crippen molar-refractivity contribution in [1.82, 2.24) is 10.6 Å². The zero-order valence-corrected chi connectivity index (χ0v) is 27.3. The third kappa shape index (κ3) is 7.36. The molecule has 4 aromatic carbocycles. The summed E-state index contributed by atoms with van der Waals surface area (Å²) >= 11 is 24.9. The Morgan fingerprint density at radius 2 is 1.25 bits per heavy atom. The Morgan fingerprint density at radius 3 is 1.70 bits per heavy atom. The normalized spacial score (nSPS) is 16.0. The molecule has 0 aliphatic carbocycles. The first kappa shape index (κ1) is 34.1. The fraction of sp³-hybridized carbons (Fsp3) is 0.219. The summed E-state index contributed by atoms with van der Waals surface area (Å²) in [7, 11) is 1.80. The van der Waals surface area contributed by atoms with Crippen molar-refractivity contribution in [3.05, 3.63) is 104 Å². The molecule has 0 fully saturated rings. The molecule has 2 heterocycles. The first-order valence-electron chi connectivity index (χ1n) is 13.3. The van der Waals surface area contributed by atoms with Crippen LogP contribution in [0.2, 0.25) is 20.1 Å². The largest absolute Gasteiger partial charge is 0.487 e. The number of amides is 1. The van der Waals surface area contributed by atoms with Gasteiger partial charge in [0.05, 0.1) is 26.6 Å². The quantitative estimate of drug-likeness (QED) is 0.218. The highest BCUT2D eigenvalue weighted by Crippen LogP contribution is 2.46. The Hall–Kier alpha value is -2.78. The van der Waals surface area contributed by atoms with Crippen molar-refractivity contribution in [3.8, 4) is 33.8 Å². The first-order valence-corrected chi connectivity index (χ1v) is 14.9. The van der Waals surface area contributed by atoms with Crippen LogP contribution in [0, 0.1) is 11.6 Å². The predicted molar refractivity (Wildman–Crippen MR) is 175 cm³/mol. The minimum absolute atomic E-state index is 0. The topological polar surface area (TPSA) is 59.6 Å². The highest BCUT2D eigenvalue weighted by Gasteiger charge is 2.29. The maximum absolute atomic E-state index is 14.0. The molecule has 0 unspecified atom stereocenters. The summed E-state index contributed by atoms with van der Waals surface area (Å²) in [5, 5.41) is 7.54. The number of carbonyl (C=O) groups excluding carboxylic acids is 1. The average Bonchev–Trinajstić information content (AvgIpc) is 3.55. The van der Waals surface area contributed by atoms with Gasteiger partial charge in [-0.05, 0) is 55.6 Å². The van der Waals surface area contributed by atoms with E-state index < -0.39 is 0 Å². The van der Waals surface area contributed by atoms with Gasteiger partial charge in [-0.3, -0.25) is 10.1 Å². The van der Waals surface area contributed by atoms with Gasteiger partial charge in [0.1, 0.15) is 29.2 Å². The van der Waals surface area contributed by atoms with Crippen molar-refractivity contribution in [2.24, 2.45) is 0 Å². The number of likely N-dealkylation sites (N-methyl/N-ethyl adjacent to an activating group) is 1. The second kappa shape index (κ2) is 14.5. The van der Waals surface area contributed by atoms with E-state index in [4.69, 9.17) is 55.9 Å². The molecule has 12 heteroatoms. The van der Waals surface area contributed by atoms with Crippen LogP contribution >= 0.6 is 58.8 Å². The number of carbonyl (C=O) groups is 1. The molecule has 0 aromatic heterocycles. The third-order valence-corrected chi connectivity index (χ3v) is 8.28. The highest BCUT2D eigenvalue weighted by molar-refractivity contribution is 6.40. The van der Waals surface area contributed by atoms with E-state index in [0.717, 1.165) is 11.1 Å². The maximum atomic E-state index is 14.0. The molecule has 6 rings (SSSR count).